The largest absolute Gasteiger partial charge is 0.380 e. The quantitative estimate of drug-likeness (QED) is 0.749. The Morgan fingerprint density at radius 3 is 2.69 bits per heavy atom. The molecule has 0 spiro atoms. The maximum absolute atomic E-state index is 5.62. The first-order chi connectivity index (χ1) is 7.90. The van der Waals surface area contributed by atoms with E-state index < -0.39 is 0 Å². The van der Waals surface area contributed by atoms with Crippen LogP contribution in [0.15, 0.2) is 0 Å². The predicted molar refractivity (Wildman–Crippen MR) is 64.6 cm³/mol. The highest BCUT2D eigenvalue weighted by molar-refractivity contribution is 4.84. The average Bonchev–Trinajstić information content (AvgIpc) is 2.55. The summed E-state index contributed by atoms with van der Waals surface area (Å²) in [4.78, 5) is 0. The molecule has 3 unspecified atom stereocenters. The van der Waals surface area contributed by atoms with Crippen molar-refractivity contribution in [2.45, 2.75) is 63.1 Å². The van der Waals surface area contributed by atoms with E-state index in [9.17, 15) is 0 Å². The molecule has 1 aliphatic heterocycles. The van der Waals surface area contributed by atoms with Crippen LogP contribution in [-0.2, 0) is 9.47 Å². The molecule has 2 fully saturated rings. The van der Waals surface area contributed by atoms with Gasteiger partial charge in [-0.3, -0.25) is 0 Å². The van der Waals surface area contributed by atoms with Gasteiger partial charge in [0.05, 0.1) is 12.7 Å². The number of hydrogen-bond donors (Lipinski definition) is 1. The zero-order valence-corrected chi connectivity index (χ0v) is 10.4. The van der Waals surface area contributed by atoms with Gasteiger partial charge in [-0.1, -0.05) is 19.3 Å². The van der Waals surface area contributed by atoms with Crippen LogP contribution in [0.2, 0.25) is 0 Å². The molecule has 1 saturated heterocycles. The Balaban J connectivity index is 1.83. The highest BCUT2D eigenvalue weighted by Crippen LogP contribution is 2.21. The van der Waals surface area contributed by atoms with E-state index in [-0.39, 0.29) is 0 Å². The number of methoxy groups -OCH3 is 1. The lowest BCUT2D eigenvalue weighted by molar-refractivity contribution is 0.0318. The molecule has 3 heteroatoms. The second kappa shape index (κ2) is 6.58. The van der Waals surface area contributed by atoms with Crippen molar-refractivity contribution in [2.24, 2.45) is 0 Å². The summed E-state index contributed by atoms with van der Waals surface area (Å²) in [5.74, 6) is 0. The fraction of sp³-hybridized carbons (Fsp3) is 1.00. The maximum Gasteiger partial charge on any atom is 0.0724 e. The Morgan fingerprint density at radius 2 is 1.94 bits per heavy atom. The molecule has 1 aliphatic carbocycles. The highest BCUT2D eigenvalue weighted by atomic mass is 16.5. The van der Waals surface area contributed by atoms with E-state index in [0.717, 1.165) is 13.2 Å². The van der Waals surface area contributed by atoms with Gasteiger partial charge in [0, 0.05) is 25.8 Å². The number of ether oxygens (including phenoxy) is 2. The Kier molecular flexibility index (Phi) is 5.07. The molecule has 3 atom stereocenters. The summed E-state index contributed by atoms with van der Waals surface area (Å²) in [5, 5.41) is 3.75. The fourth-order valence-electron chi connectivity index (χ4n) is 2.92. The molecular weight excluding hydrogens is 202 g/mol. The van der Waals surface area contributed by atoms with E-state index in [0.29, 0.717) is 18.2 Å². The molecule has 0 amide bonds. The van der Waals surface area contributed by atoms with Crippen molar-refractivity contribution in [3.8, 4) is 0 Å². The highest BCUT2D eigenvalue weighted by Gasteiger charge is 2.26. The molecule has 2 rings (SSSR count). The van der Waals surface area contributed by atoms with Crippen LogP contribution < -0.4 is 5.32 Å². The van der Waals surface area contributed by atoms with Crippen molar-refractivity contribution >= 4 is 0 Å². The average molecular weight is 227 g/mol. The molecule has 0 radical (unpaired) electrons. The molecule has 1 saturated carbocycles. The summed E-state index contributed by atoms with van der Waals surface area (Å²) in [6, 6.07) is 1.09. The molecular formula is C13H25NO2. The predicted octanol–water partition coefficient (Wildman–Crippen LogP) is 2.10. The van der Waals surface area contributed by atoms with Crippen molar-refractivity contribution in [1.82, 2.24) is 5.32 Å². The molecule has 0 aromatic heterocycles. The van der Waals surface area contributed by atoms with Crippen LogP contribution in [0.4, 0.5) is 0 Å². The van der Waals surface area contributed by atoms with E-state index in [1.807, 2.05) is 7.11 Å². The molecule has 0 bridgehead atoms. The van der Waals surface area contributed by atoms with Crippen LogP contribution in [0.5, 0.6) is 0 Å². The third-order valence-electron chi connectivity index (χ3n) is 3.87. The summed E-state index contributed by atoms with van der Waals surface area (Å²) in [6.45, 7) is 1.82. The number of rotatable bonds is 3. The molecule has 16 heavy (non-hydrogen) atoms. The molecule has 94 valence electrons. The number of hydrogen-bond acceptors (Lipinski definition) is 3. The second-order valence-electron chi connectivity index (χ2n) is 5.10. The topological polar surface area (TPSA) is 30.5 Å². The van der Waals surface area contributed by atoms with Crippen LogP contribution >= 0.6 is 0 Å². The maximum atomic E-state index is 5.62. The van der Waals surface area contributed by atoms with Crippen molar-refractivity contribution < 1.29 is 9.47 Å². The lowest BCUT2D eigenvalue weighted by Gasteiger charge is -2.31. The van der Waals surface area contributed by atoms with Crippen LogP contribution in [0.3, 0.4) is 0 Å². The Hall–Kier alpha value is -0.120. The summed E-state index contributed by atoms with van der Waals surface area (Å²) in [5.41, 5.74) is 0. The minimum Gasteiger partial charge on any atom is -0.380 e. The minimum atomic E-state index is 0.407. The molecule has 1 N–H and O–H groups in total. The zero-order chi connectivity index (χ0) is 11.2. The number of nitrogens with one attached hydrogen (secondary N) is 1. The van der Waals surface area contributed by atoms with Crippen molar-refractivity contribution in [3.63, 3.8) is 0 Å². The van der Waals surface area contributed by atoms with E-state index >= 15 is 0 Å². The summed E-state index contributed by atoms with van der Waals surface area (Å²) < 4.78 is 11.1. The zero-order valence-electron chi connectivity index (χ0n) is 10.4. The Bertz CT molecular complexity index is 192. The smallest absolute Gasteiger partial charge is 0.0724 e. The Labute approximate surface area is 98.9 Å². The molecule has 0 aromatic carbocycles. The van der Waals surface area contributed by atoms with Crippen molar-refractivity contribution in [1.29, 1.82) is 0 Å². The van der Waals surface area contributed by atoms with E-state index in [2.05, 4.69) is 5.32 Å². The van der Waals surface area contributed by atoms with Crippen LogP contribution in [0.1, 0.15) is 44.9 Å². The standard InChI is InChI=1S/C13H25NO2/c1-15-13-8-4-2-3-7-12(13)14-11-6-5-9-16-10-11/h11-14H,2-10H2,1H3. The SMILES string of the molecule is COC1CCCCCC1NC1CCCOC1. The van der Waals surface area contributed by atoms with E-state index in [4.69, 9.17) is 9.47 Å². The lowest BCUT2D eigenvalue weighted by Crippen LogP contribution is -2.48. The fourth-order valence-corrected chi connectivity index (χ4v) is 2.92. The summed E-state index contributed by atoms with van der Waals surface area (Å²) in [6.07, 6.45) is 9.35. The first kappa shape index (κ1) is 12.3. The van der Waals surface area contributed by atoms with Crippen molar-refractivity contribution in [2.75, 3.05) is 20.3 Å². The summed E-state index contributed by atoms with van der Waals surface area (Å²) in [7, 11) is 1.85. The normalized spacial score (nSPS) is 36.9. The van der Waals surface area contributed by atoms with Gasteiger partial charge >= 0.3 is 0 Å². The first-order valence-electron chi connectivity index (χ1n) is 6.76. The summed E-state index contributed by atoms with van der Waals surface area (Å²) >= 11 is 0. The van der Waals surface area contributed by atoms with Crippen LogP contribution in [0, 0.1) is 0 Å². The van der Waals surface area contributed by atoms with Gasteiger partial charge in [-0.25, -0.2) is 0 Å². The van der Waals surface area contributed by atoms with Gasteiger partial charge in [0.2, 0.25) is 0 Å². The Morgan fingerprint density at radius 1 is 1.06 bits per heavy atom. The second-order valence-corrected chi connectivity index (χ2v) is 5.10. The van der Waals surface area contributed by atoms with Crippen LogP contribution in [0.25, 0.3) is 0 Å². The van der Waals surface area contributed by atoms with E-state index in [1.54, 1.807) is 0 Å². The monoisotopic (exact) mass is 227 g/mol. The van der Waals surface area contributed by atoms with Gasteiger partial charge in [0.15, 0.2) is 0 Å². The van der Waals surface area contributed by atoms with Gasteiger partial charge in [0.1, 0.15) is 0 Å². The van der Waals surface area contributed by atoms with Crippen LogP contribution in [-0.4, -0.2) is 38.5 Å². The van der Waals surface area contributed by atoms with Gasteiger partial charge in [-0.15, -0.1) is 0 Å². The van der Waals surface area contributed by atoms with Gasteiger partial charge < -0.3 is 14.8 Å². The van der Waals surface area contributed by atoms with Gasteiger partial charge in [-0.2, -0.15) is 0 Å². The van der Waals surface area contributed by atoms with Gasteiger partial charge in [-0.05, 0) is 25.7 Å². The van der Waals surface area contributed by atoms with Crippen molar-refractivity contribution in [3.05, 3.63) is 0 Å². The minimum absolute atomic E-state index is 0.407. The van der Waals surface area contributed by atoms with Gasteiger partial charge in [0.25, 0.3) is 0 Å². The first-order valence-corrected chi connectivity index (χ1v) is 6.76. The third kappa shape index (κ3) is 3.44. The molecule has 0 aromatic rings. The molecule has 1 heterocycles. The third-order valence-corrected chi connectivity index (χ3v) is 3.87. The molecule has 3 nitrogen and oxygen atoms in total. The van der Waals surface area contributed by atoms with E-state index in [1.165, 1.54) is 44.9 Å². The molecule has 2 aliphatic rings. The lowest BCUT2D eigenvalue weighted by atomic mass is 10.0.